The molecule has 0 saturated heterocycles. The first-order valence-corrected chi connectivity index (χ1v) is 10.2. The van der Waals surface area contributed by atoms with E-state index in [4.69, 9.17) is 13.9 Å². The molecule has 0 fully saturated rings. The molecule has 0 bridgehead atoms. The standard InChI is InChI=1S/C21H23N3O5S/c1-13(25)22-11-15-5-6-19(29-15)18-12-30-21(23-18)24-20(26)7-4-14-8-16(27-2)10-17(9-14)28-3/h5-6,8-10,12H,4,7,11H2,1-3H3,(H,22,25)(H,23,24,26). The fraction of sp³-hybridized carbons (Fsp3) is 0.286. The first-order valence-electron chi connectivity index (χ1n) is 9.27. The Labute approximate surface area is 178 Å². The number of ether oxygens (including phenoxy) is 2. The number of carbonyl (C=O) groups excluding carboxylic acids is 2. The van der Waals surface area contributed by atoms with Crippen LogP contribution in [-0.2, 0) is 22.6 Å². The molecule has 158 valence electrons. The van der Waals surface area contributed by atoms with Crippen molar-refractivity contribution < 1.29 is 23.5 Å². The van der Waals surface area contributed by atoms with Crippen LogP contribution in [0.5, 0.6) is 11.5 Å². The van der Waals surface area contributed by atoms with Gasteiger partial charge in [0.25, 0.3) is 0 Å². The number of rotatable bonds is 9. The molecule has 9 heteroatoms. The molecule has 2 amide bonds. The van der Waals surface area contributed by atoms with E-state index >= 15 is 0 Å². The summed E-state index contributed by atoms with van der Waals surface area (Å²) in [5.41, 5.74) is 1.57. The van der Waals surface area contributed by atoms with E-state index < -0.39 is 0 Å². The summed E-state index contributed by atoms with van der Waals surface area (Å²) in [5.74, 6) is 2.32. The predicted molar refractivity (Wildman–Crippen MR) is 114 cm³/mol. The molecule has 0 aliphatic heterocycles. The quantitative estimate of drug-likeness (QED) is 0.538. The largest absolute Gasteiger partial charge is 0.497 e. The Morgan fingerprint density at radius 2 is 1.87 bits per heavy atom. The third-order valence-electron chi connectivity index (χ3n) is 4.23. The number of thiazole rings is 1. The molecule has 0 unspecified atom stereocenters. The van der Waals surface area contributed by atoms with E-state index in [9.17, 15) is 9.59 Å². The van der Waals surface area contributed by atoms with Gasteiger partial charge in [0.15, 0.2) is 10.9 Å². The second-order valence-corrected chi connectivity index (χ2v) is 7.34. The van der Waals surface area contributed by atoms with Gasteiger partial charge >= 0.3 is 0 Å². The number of hydrogen-bond donors (Lipinski definition) is 2. The van der Waals surface area contributed by atoms with Gasteiger partial charge in [-0.15, -0.1) is 11.3 Å². The van der Waals surface area contributed by atoms with Crippen LogP contribution < -0.4 is 20.1 Å². The van der Waals surface area contributed by atoms with Crippen LogP contribution in [0.25, 0.3) is 11.5 Å². The monoisotopic (exact) mass is 429 g/mol. The Morgan fingerprint density at radius 3 is 2.53 bits per heavy atom. The van der Waals surface area contributed by atoms with Gasteiger partial charge in [0.1, 0.15) is 23.0 Å². The van der Waals surface area contributed by atoms with Crippen molar-refractivity contribution in [1.82, 2.24) is 10.3 Å². The fourth-order valence-electron chi connectivity index (χ4n) is 2.72. The maximum Gasteiger partial charge on any atom is 0.226 e. The molecule has 3 rings (SSSR count). The summed E-state index contributed by atoms with van der Waals surface area (Å²) in [6, 6.07) is 9.12. The van der Waals surface area contributed by atoms with Crippen LogP contribution in [0.2, 0.25) is 0 Å². The topological polar surface area (TPSA) is 103 Å². The minimum atomic E-state index is -0.136. The summed E-state index contributed by atoms with van der Waals surface area (Å²) < 4.78 is 16.2. The third-order valence-corrected chi connectivity index (χ3v) is 4.99. The van der Waals surface area contributed by atoms with Gasteiger partial charge in [0.2, 0.25) is 11.8 Å². The average molecular weight is 429 g/mol. The van der Waals surface area contributed by atoms with E-state index in [1.165, 1.54) is 18.3 Å². The summed E-state index contributed by atoms with van der Waals surface area (Å²) in [6.07, 6.45) is 0.842. The summed E-state index contributed by atoms with van der Waals surface area (Å²) in [6.45, 7) is 1.77. The minimum Gasteiger partial charge on any atom is -0.497 e. The van der Waals surface area contributed by atoms with Crippen molar-refractivity contribution in [3.63, 3.8) is 0 Å². The zero-order chi connectivity index (χ0) is 21.5. The van der Waals surface area contributed by atoms with Crippen LogP contribution in [0.1, 0.15) is 24.7 Å². The van der Waals surface area contributed by atoms with Crippen LogP contribution in [0.15, 0.2) is 40.1 Å². The molecule has 1 aromatic carbocycles. The Bertz CT molecular complexity index is 1010. The van der Waals surface area contributed by atoms with E-state index in [-0.39, 0.29) is 11.8 Å². The number of aromatic nitrogens is 1. The van der Waals surface area contributed by atoms with Crippen molar-refractivity contribution in [2.75, 3.05) is 19.5 Å². The lowest BCUT2D eigenvalue weighted by Crippen LogP contribution is -2.18. The maximum atomic E-state index is 12.3. The Morgan fingerprint density at radius 1 is 1.13 bits per heavy atom. The molecular formula is C21H23N3O5S. The molecule has 3 aromatic rings. The molecule has 0 radical (unpaired) electrons. The summed E-state index contributed by atoms with van der Waals surface area (Å²) >= 11 is 1.32. The first kappa shape index (κ1) is 21.4. The molecule has 0 atom stereocenters. The lowest BCUT2D eigenvalue weighted by atomic mass is 10.1. The van der Waals surface area contributed by atoms with Crippen molar-refractivity contribution in [2.45, 2.75) is 26.3 Å². The number of aryl methyl sites for hydroxylation is 1. The average Bonchev–Trinajstić information content (AvgIpc) is 3.39. The van der Waals surface area contributed by atoms with Crippen molar-refractivity contribution in [1.29, 1.82) is 0 Å². The summed E-state index contributed by atoms with van der Waals surface area (Å²) in [5, 5.41) is 7.80. The number of carbonyl (C=O) groups is 2. The number of hydrogen-bond acceptors (Lipinski definition) is 7. The number of nitrogens with zero attached hydrogens (tertiary/aromatic N) is 1. The minimum absolute atomic E-state index is 0.126. The molecule has 2 N–H and O–H groups in total. The smallest absolute Gasteiger partial charge is 0.226 e. The van der Waals surface area contributed by atoms with Gasteiger partial charge in [-0.05, 0) is 36.2 Å². The van der Waals surface area contributed by atoms with Crippen molar-refractivity contribution in [3.8, 4) is 23.0 Å². The van der Waals surface area contributed by atoms with Crippen LogP contribution in [0.4, 0.5) is 5.13 Å². The molecule has 0 aliphatic carbocycles. The molecule has 2 aromatic heterocycles. The second-order valence-electron chi connectivity index (χ2n) is 6.48. The Hall–Kier alpha value is -3.33. The lowest BCUT2D eigenvalue weighted by molar-refractivity contribution is -0.119. The Kier molecular flexibility index (Phi) is 7.08. The highest BCUT2D eigenvalue weighted by molar-refractivity contribution is 7.14. The molecular weight excluding hydrogens is 406 g/mol. The fourth-order valence-corrected chi connectivity index (χ4v) is 3.43. The van der Waals surface area contributed by atoms with Gasteiger partial charge in [0, 0.05) is 24.8 Å². The summed E-state index contributed by atoms with van der Waals surface area (Å²) in [7, 11) is 3.18. The first-order chi connectivity index (χ1) is 14.5. The van der Waals surface area contributed by atoms with E-state index in [2.05, 4.69) is 15.6 Å². The number of nitrogens with one attached hydrogen (secondary N) is 2. The number of benzene rings is 1. The number of anilines is 1. The van der Waals surface area contributed by atoms with Gasteiger partial charge in [-0.1, -0.05) is 0 Å². The Balaban J connectivity index is 1.56. The van der Waals surface area contributed by atoms with Gasteiger partial charge in [-0.3, -0.25) is 9.59 Å². The SMILES string of the molecule is COc1cc(CCC(=O)Nc2nc(-c3ccc(CNC(C)=O)o3)cs2)cc(OC)c1. The van der Waals surface area contributed by atoms with Gasteiger partial charge < -0.3 is 24.5 Å². The highest BCUT2D eigenvalue weighted by atomic mass is 32.1. The van der Waals surface area contributed by atoms with E-state index in [1.807, 2.05) is 17.5 Å². The lowest BCUT2D eigenvalue weighted by Gasteiger charge is -2.08. The van der Waals surface area contributed by atoms with Gasteiger partial charge in [0.05, 0.1) is 20.8 Å². The molecule has 0 spiro atoms. The van der Waals surface area contributed by atoms with Crippen molar-refractivity contribution >= 4 is 28.3 Å². The van der Waals surface area contributed by atoms with Crippen LogP contribution in [0, 0.1) is 0 Å². The van der Waals surface area contributed by atoms with Gasteiger partial charge in [-0.25, -0.2) is 4.98 Å². The summed E-state index contributed by atoms with van der Waals surface area (Å²) in [4.78, 5) is 27.7. The van der Waals surface area contributed by atoms with E-state index in [1.54, 1.807) is 32.4 Å². The zero-order valence-corrected chi connectivity index (χ0v) is 17.8. The second kappa shape index (κ2) is 9.93. The highest BCUT2D eigenvalue weighted by Crippen LogP contribution is 2.27. The number of furan rings is 1. The van der Waals surface area contributed by atoms with Crippen LogP contribution in [0.3, 0.4) is 0 Å². The maximum absolute atomic E-state index is 12.3. The van der Waals surface area contributed by atoms with Crippen LogP contribution in [-0.4, -0.2) is 31.0 Å². The number of amides is 2. The third kappa shape index (κ3) is 5.84. The molecule has 8 nitrogen and oxygen atoms in total. The number of methoxy groups -OCH3 is 2. The van der Waals surface area contributed by atoms with Crippen LogP contribution >= 0.6 is 11.3 Å². The molecule has 30 heavy (non-hydrogen) atoms. The molecule has 0 saturated carbocycles. The molecule has 2 heterocycles. The van der Waals surface area contributed by atoms with Gasteiger partial charge in [-0.2, -0.15) is 0 Å². The molecule has 0 aliphatic rings. The van der Waals surface area contributed by atoms with Crippen molar-refractivity contribution in [3.05, 3.63) is 47.0 Å². The normalized spacial score (nSPS) is 10.5. The predicted octanol–water partition coefficient (Wildman–Crippen LogP) is 3.63. The zero-order valence-electron chi connectivity index (χ0n) is 17.0. The highest BCUT2D eigenvalue weighted by Gasteiger charge is 2.12. The van der Waals surface area contributed by atoms with Crippen molar-refractivity contribution in [2.24, 2.45) is 0 Å². The van der Waals surface area contributed by atoms with E-state index in [0.29, 0.717) is 53.2 Å². The van der Waals surface area contributed by atoms with E-state index in [0.717, 1.165) is 5.56 Å².